The van der Waals surface area contributed by atoms with Crippen LogP contribution in [0.4, 0.5) is 5.82 Å². The van der Waals surface area contributed by atoms with Crippen LogP contribution in [0.5, 0.6) is 0 Å². The van der Waals surface area contributed by atoms with E-state index in [0.717, 1.165) is 40.3 Å². The maximum absolute atomic E-state index is 10.8. The van der Waals surface area contributed by atoms with E-state index in [1.807, 2.05) is 6.07 Å². The number of pyridine rings is 1. The Labute approximate surface area is 116 Å². The molecule has 0 aliphatic carbocycles. The van der Waals surface area contributed by atoms with Crippen molar-refractivity contribution >= 4 is 33.7 Å². The first-order valence-electron chi connectivity index (χ1n) is 6.44. The second-order valence-electron chi connectivity index (χ2n) is 5.18. The van der Waals surface area contributed by atoms with Crippen LogP contribution in [0.3, 0.4) is 0 Å². The van der Waals surface area contributed by atoms with E-state index in [9.17, 15) is 4.79 Å². The van der Waals surface area contributed by atoms with Gasteiger partial charge in [-0.3, -0.25) is 4.79 Å². The first-order valence-corrected chi connectivity index (χ1v) is 7.26. The van der Waals surface area contributed by atoms with Crippen LogP contribution in [0, 0.1) is 0 Å². The van der Waals surface area contributed by atoms with Gasteiger partial charge in [0.05, 0.1) is 4.88 Å². The Hall–Kier alpha value is -1.46. The zero-order valence-corrected chi connectivity index (χ0v) is 12.0. The average Bonchev–Trinajstić information content (AvgIpc) is 3.04. The number of rotatable bonds is 3. The van der Waals surface area contributed by atoms with Gasteiger partial charge in [-0.15, -0.1) is 11.3 Å². The van der Waals surface area contributed by atoms with Crippen molar-refractivity contribution in [2.24, 2.45) is 0 Å². The van der Waals surface area contributed by atoms with Crippen LogP contribution in [0.15, 0.2) is 18.2 Å². The molecule has 1 aliphatic rings. The van der Waals surface area contributed by atoms with E-state index in [1.165, 1.54) is 17.8 Å². The number of carbonyl (C=O) groups excluding carboxylic acids is 1. The number of aromatic nitrogens is 1. The summed E-state index contributed by atoms with van der Waals surface area (Å²) in [7, 11) is 4.25. The van der Waals surface area contributed by atoms with Crippen LogP contribution in [0.25, 0.3) is 10.2 Å². The molecule has 100 valence electrons. The van der Waals surface area contributed by atoms with Crippen LogP contribution in [0.2, 0.25) is 0 Å². The minimum atomic E-state index is 0.603. The third-order valence-electron chi connectivity index (χ3n) is 3.72. The highest BCUT2D eigenvalue weighted by molar-refractivity contribution is 7.20. The molecule has 1 saturated heterocycles. The summed E-state index contributed by atoms with van der Waals surface area (Å²) in [6, 6.07) is 6.62. The number of nitrogens with zero attached hydrogens (tertiary/aromatic N) is 3. The van der Waals surface area contributed by atoms with E-state index in [4.69, 9.17) is 0 Å². The topological polar surface area (TPSA) is 36.4 Å². The minimum Gasteiger partial charge on any atom is -0.355 e. The number of aldehydes is 1. The third kappa shape index (κ3) is 2.35. The Morgan fingerprint density at radius 1 is 1.47 bits per heavy atom. The first kappa shape index (κ1) is 12.6. The molecule has 2 aromatic rings. The van der Waals surface area contributed by atoms with Crippen molar-refractivity contribution in [2.45, 2.75) is 12.5 Å². The van der Waals surface area contributed by atoms with E-state index >= 15 is 0 Å². The van der Waals surface area contributed by atoms with Gasteiger partial charge in [0, 0.05) is 24.5 Å². The molecule has 2 aromatic heterocycles. The third-order valence-corrected chi connectivity index (χ3v) is 4.69. The lowest BCUT2D eigenvalue weighted by Gasteiger charge is -2.21. The molecule has 1 aliphatic heterocycles. The highest BCUT2D eigenvalue weighted by Crippen LogP contribution is 2.27. The van der Waals surface area contributed by atoms with Gasteiger partial charge in [0.2, 0.25) is 0 Å². The Morgan fingerprint density at radius 3 is 3.00 bits per heavy atom. The number of thiophene rings is 1. The molecule has 0 aromatic carbocycles. The highest BCUT2D eigenvalue weighted by atomic mass is 32.1. The van der Waals surface area contributed by atoms with Gasteiger partial charge in [0.15, 0.2) is 6.29 Å². The Bertz CT molecular complexity index is 608. The summed E-state index contributed by atoms with van der Waals surface area (Å²) in [5, 5.41) is 1.05. The van der Waals surface area contributed by atoms with Crippen LogP contribution >= 0.6 is 11.3 Å². The molecule has 3 rings (SSSR count). The maximum atomic E-state index is 10.8. The summed E-state index contributed by atoms with van der Waals surface area (Å²) in [5.74, 6) is 1.02. The number of fused-ring (bicyclic) bond motifs is 1. The van der Waals surface area contributed by atoms with Crippen molar-refractivity contribution in [1.29, 1.82) is 0 Å². The zero-order chi connectivity index (χ0) is 13.4. The predicted molar refractivity (Wildman–Crippen MR) is 79.3 cm³/mol. The van der Waals surface area contributed by atoms with Crippen molar-refractivity contribution < 1.29 is 4.79 Å². The lowest BCUT2D eigenvalue weighted by atomic mass is 10.2. The Kier molecular flexibility index (Phi) is 3.24. The summed E-state index contributed by atoms with van der Waals surface area (Å²) < 4.78 is 0. The van der Waals surface area contributed by atoms with Crippen molar-refractivity contribution in [3.63, 3.8) is 0 Å². The zero-order valence-electron chi connectivity index (χ0n) is 11.2. The fourth-order valence-electron chi connectivity index (χ4n) is 2.53. The molecule has 3 heterocycles. The van der Waals surface area contributed by atoms with Crippen molar-refractivity contribution in [3.05, 3.63) is 23.1 Å². The number of carbonyl (C=O) groups is 1. The van der Waals surface area contributed by atoms with Crippen LogP contribution in [-0.4, -0.2) is 49.4 Å². The van der Waals surface area contributed by atoms with E-state index in [-0.39, 0.29) is 0 Å². The Balaban J connectivity index is 1.87. The normalized spacial score (nSPS) is 19.5. The average molecular weight is 275 g/mol. The molecule has 0 N–H and O–H groups in total. The molecule has 1 atom stereocenters. The van der Waals surface area contributed by atoms with Crippen LogP contribution in [0.1, 0.15) is 16.1 Å². The fourth-order valence-corrected chi connectivity index (χ4v) is 3.37. The van der Waals surface area contributed by atoms with E-state index in [1.54, 1.807) is 0 Å². The molecule has 0 saturated carbocycles. The quantitative estimate of drug-likeness (QED) is 0.805. The smallest absolute Gasteiger partial charge is 0.160 e. The first-order chi connectivity index (χ1) is 9.17. The number of hydrogen-bond acceptors (Lipinski definition) is 5. The summed E-state index contributed by atoms with van der Waals surface area (Å²) >= 11 is 1.46. The van der Waals surface area contributed by atoms with Crippen molar-refractivity contribution in [2.75, 3.05) is 32.1 Å². The van der Waals surface area contributed by atoms with E-state index in [2.05, 4.69) is 41.0 Å². The SMILES string of the molecule is CN(C)C1CCN(c2ccc3cc(C=O)sc3n2)C1. The molecule has 4 nitrogen and oxygen atoms in total. The van der Waals surface area contributed by atoms with Gasteiger partial charge >= 0.3 is 0 Å². The van der Waals surface area contributed by atoms with E-state index in [0.29, 0.717) is 6.04 Å². The van der Waals surface area contributed by atoms with Crippen molar-refractivity contribution in [1.82, 2.24) is 9.88 Å². The second kappa shape index (κ2) is 4.90. The fraction of sp³-hybridized carbons (Fsp3) is 0.429. The largest absolute Gasteiger partial charge is 0.355 e. The Morgan fingerprint density at radius 2 is 2.32 bits per heavy atom. The summed E-state index contributed by atoms with van der Waals surface area (Å²) in [4.78, 5) is 21.8. The van der Waals surface area contributed by atoms with E-state index < -0.39 is 0 Å². The molecule has 1 unspecified atom stereocenters. The molecule has 19 heavy (non-hydrogen) atoms. The number of hydrogen-bond donors (Lipinski definition) is 0. The van der Waals surface area contributed by atoms with Gasteiger partial charge in [-0.2, -0.15) is 0 Å². The standard InChI is InChI=1S/C14H17N3OS/c1-16(2)11-5-6-17(8-11)13-4-3-10-7-12(9-18)19-14(10)15-13/h3-4,7,9,11H,5-6,8H2,1-2H3. The van der Waals surface area contributed by atoms with Crippen molar-refractivity contribution in [3.8, 4) is 0 Å². The van der Waals surface area contributed by atoms with Gasteiger partial charge < -0.3 is 9.80 Å². The molecule has 0 spiro atoms. The molecule has 1 fully saturated rings. The van der Waals surface area contributed by atoms with Gasteiger partial charge in [-0.25, -0.2) is 4.98 Å². The molecule has 0 bridgehead atoms. The lowest BCUT2D eigenvalue weighted by Crippen LogP contribution is -2.31. The number of likely N-dealkylation sites (N-methyl/N-ethyl adjacent to an activating group) is 1. The highest BCUT2D eigenvalue weighted by Gasteiger charge is 2.24. The summed E-state index contributed by atoms with van der Waals surface area (Å²) in [6.45, 7) is 2.07. The monoisotopic (exact) mass is 275 g/mol. The minimum absolute atomic E-state index is 0.603. The molecule has 0 amide bonds. The van der Waals surface area contributed by atoms with Gasteiger partial charge in [-0.1, -0.05) is 0 Å². The lowest BCUT2D eigenvalue weighted by molar-refractivity contribution is 0.112. The second-order valence-corrected chi connectivity index (χ2v) is 6.24. The molecular weight excluding hydrogens is 258 g/mol. The maximum Gasteiger partial charge on any atom is 0.160 e. The summed E-state index contributed by atoms with van der Waals surface area (Å²) in [6.07, 6.45) is 2.07. The van der Waals surface area contributed by atoms with Crippen LogP contribution in [-0.2, 0) is 0 Å². The van der Waals surface area contributed by atoms with Gasteiger partial charge in [0.25, 0.3) is 0 Å². The summed E-state index contributed by atoms with van der Waals surface area (Å²) in [5.41, 5.74) is 0. The molecule has 5 heteroatoms. The van der Waals surface area contributed by atoms with Crippen LogP contribution < -0.4 is 4.90 Å². The van der Waals surface area contributed by atoms with Gasteiger partial charge in [-0.05, 0) is 38.7 Å². The number of anilines is 1. The predicted octanol–water partition coefficient (Wildman–Crippen LogP) is 2.25. The molecular formula is C14H17N3OS. The molecule has 0 radical (unpaired) electrons. The van der Waals surface area contributed by atoms with Gasteiger partial charge in [0.1, 0.15) is 10.6 Å².